The Hall–Kier alpha value is -4.95. The normalized spacial score (nSPS) is 14.0. The second-order valence-electron chi connectivity index (χ2n) is 9.83. The number of hydrogen-bond acceptors (Lipinski definition) is 9. The van der Waals surface area contributed by atoms with Gasteiger partial charge in [0.1, 0.15) is 5.52 Å². The van der Waals surface area contributed by atoms with Crippen molar-refractivity contribution in [1.29, 1.82) is 5.26 Å². The first-order valence-electron chi connectivity index (χ1n) is 12.5. The zero-order valence-electron chi connectivity index (χ0n) is 21.4. The van der Waals surface area contributed by atoms with Gasteiger partial charge < -0.3 is 9.64 Å². The highest BCUT2D eigenvalue weighted by Crippen LogP contribution is 2.27. The Bertz CT molecular complexity index is 1860. The molecular formula is C28H24N8O3. The molecule has 0 spiro atoms. The van der Waals surface area contributed by atoms with E-state index in [1.807, 2.05) is 19.9 Å². The summed E-state index contributed by atoms with van der Waals surface area (Å²) >= 11 is 0. The molecule has 5 aromatic rings. The molecular weight excluding hydrogens is 496 g/mol. The van der Waals surface area contributed by atoms with Crippen molar-refractivity contribution in [2.45, 2.75) is 19.3 Å². The van der Waals surface area contributed by atoms with E-state index in [0.29, 0.717) is 52.7 Å². The van der Waals surface area contributed by atoms with E-state index in [1.54, 1.807) is 42.7 Å². The van der Waals surface area contributed by atoms with Crippen LogP contribution in [0.15, 0.2) is 64.6 Å². The van der Waals surface area contributed by atoms with Gasteiger partial charge in [-0.25, -0.2) is 19.7 Å². The summed E-state index contributed by atoms with van der Waals surface area (Å²) in [5.41, 5.74) is 2.02. The molecule has 11 heteroatoms. The maximum Gasteiger partial charge on any atom is 0.333 e. The number of nitrogens with zero attached hydrogens (tertiary/aromatic N) is 7. The zero-order chi connectivity index (χ0) is 27.1. The molecule has 39 heavy (non-hydrogen) atoms. The summed E-state index contributed by atoms with van der Waals surface area (Å²) in [5.74, 6) is 0.623. The van der Waals surface area contributed by atoms with Crippen molar-refractivity contribution in [3.05, 3.63) is 81.4 Å². The Labute approximate surface area is 222 Å². The first kappa shape index (κ1) is 24.4. The van der Waals surface area contributed by atoms with Gasteiger partial charge >= 0.3 is 5.69 Å². The van der Waals surface area contributed by atoms with Gasteiger partial charge in [-0.05, 0) is 43.7 Å². The van der Waals surface area contributed by atoms with Crippen LogP contribution in [0.2, 0.25) is 0 Å². The number of ether oxygens (including phenoxy) is 1. The van der Waals surface area contributed by atoms with Gasteiger partial charge in [0.15, 0.2) is 0 Å². The highest BCUT2D eigenvalue weighted by Gasteiger charge is 2.21. The number of fused-ring (bicyclic) bond motifs is 3. The molecule has 1 fully saturated rings. The lowest BCUT2D eigenvalue weighted by molar-refractivity contribution is 0.122. The van der Waals surface area contributed by atoms with E-state index >= 15 is 0 Å². The number of aromatic nitrogens is 6. The molecule has 4 aromatic heterocycles. The summed E-state index contributed by atoms with van der Waals surface area (Å²) in [7, 11) is 0. The average Bonchev–Trinajstić information content (AvgIpc) is 2.97. The number of rotatable bonds is 4. The molecule has 1 aliphatic heterocycles. The number of pyridine rings is 2. The molecule has 1 N–H and O–H groups in total. The molecule has 6 rings (SSSR count). The minimum atomic E-state index is -0.691. The molecule has 0 atom stereocenters. The van der Waals surface area contributed by atoms with E-state index in [9.17, 15) is 14.9 Å². The summed E-state index contributed by atoms with van der Waals surface area (Å²) in [6.45, 7) is 6.38. The summed E-state index contributed by atoms with van der Waals surface area (Å²) in [4.78, 5) is 48.7. The van der Waals surface area contributed by atoms with E-state index < -0.39 is 16.7 Å². The summed E-state index contributed by atoms with van der Waals surface area (Å²) in [6.07, 6.45) is 4.86. The second kappa shape index (κ2) is 9.41. The monoisotopic (exact) mass is 520 g/mol. The number of morpholine rings is 1. The van der Waals surface area contributed by atoms with Gasteiger partial charge in [-0.15, -0.1) is 0 Å². The SMILES string of the molecule is CC(C)(C#N)c1ccc(-n2c(=O)[nH]c(=O)c3cnc4ccc(-c5cnc(N6CCOCC6)nc5)nc4c32)cc1. The van der Waals surface area contributed by atoms with Gasteiger partial charge in [0.25, 0.3) is 5.56 Å². The van der Waals surface area contributed by atoms with E-state index in [1.165, 1.54) is 10.8 Å². The third kappa shape index (κ3) is 4.30. The van der Waals surface area contributed by atoms with Crippen molar-refractivity contribution < 1.29 is 4.74 Å². The maximum atomic E-state index is 13.2. The van der Waals surface area contributed by atoms with Crippen LogP contribution in [0.4, 0.5) is 5.95 Å². The number of nitriles is 1. The van der Waals surface area contributed by atoms with Gasteiger partial charge in [-0.1, -0.05) is 12.1 Å². The lowest BCUT2D eigenvalue weighted by Gasteiger charge is -2.26. The lowest BCUT2D eigenvalue weighted by atomic mass is 9.86. The topological polar surface area (TPSA) is 143 Å². The molecule has 5 heterocycles. The smallest absolute Gasteiger partial charge is 0.333 e. The van der Waals surface area contributed by atoms with Crippen LogP contribution in [0.5, 0.6) is 0 Å². The van der Waals surface area contributed by atoms with Gasteiger partial charge in [0.05, 0.1) is 52.5 Å². The van der Waals surface area contributed by atoms with Crippen molar-refractivity contribution >= 4 is 27.9 Å². The molecule has 1 saturated heterocycles. The van der Waals surface area contributed by atoms with E-state index in [-0.39, 0.29) is 5.39 Å². The Morgan fingerprint density at radius 1 is 0.974 bits per heavy atom. The van der Waals surface area contributed by atoms with Crippen molar-refractivity contribution in [2.75, 3.05) is 31.2 Å². The van der Waals surface area contributed by atoms with Gasteiger partial charge in [0.2, 0.25) is 5.95 Å². The first-order valence-corrected chi connectivity index (χ1v) is 12.5. The highest BCUT2D eigenvalue weighted by molar-refractivity contribution is 6.01. The molecule has 1 aromatic carbocycles. The predicted molar refractivity (Wildman–Crippen MR) is 146 cm³/mol. The summed E-state index contributed by atoms with van der Waals surface area (Å²) in [6, 6.07) is 13.0. The number of aromatic amines is 1. The van der Waals surface area contributed by atoms with Crippen LogP contribution >= 0.6 is 0 Å². The number of H-pyrrole nitrogens is 1. The van der Waals surface area contributed by atoms with E-state index in [4.69, 9.17) is 9.72 Å². The van der Waals surface area contributed by atoms with Crippen LogP contribution in [-0.4, -0.2) is 55.8 Å². The van der Waals surface area contributed by atoms with Crippen LogP contribution in [0.1, 0.15) is 19.4 Å². The van der Waals surface area contributed by atoms with Crippen molar-refractivity contribution in [1.82, 2.24) is 29.5 Å². The summed E-state index contributed by atoms with van der Waals surface area (Å²) in [5, 5.41) is 9.72. The molecule has 0 radical (unpaired) electrons. The fraction of sp³-hybridized carbons (Fsp3) is 0.250. The standard InChI is InChI=1S/C28H24N8O3/c1-28(2,16-29)18-3-5-19(6-4-18)36-24-20(25(37)34-27(36)38)15-30-22-8-7-21(33-23(22)24)17-13-31-26(32-14-17)35-9-11-39-12-10-35/h3-8,13-15H,9-12H2,1-2H3,(H,34,37,38). The minimum absolute atomic E-state index is 0.229. The van der Waals surface area contributed by atoms with Crippen LogP contribution in [0, 0.1) is 11.3 Å². The molecule has 11 nitrogen and oxygen atoms in total. The molecule has 0 unspecified atom stereocenters. The quantitative estimate of drug-likeness (QED) is 0.354. The van der Waals surface area contributed by atoms with E-state index in [0.717, 1.165) is 18.7 Å². The van der Waals surface area contributed by atoms with Crippen molar-refractivity contribution in [3.63, 3.8) is 0 Å². The molecule has 0 bridgehead atoms. The molecule has 1 aliphatic rings. The molecule has 0 saturated carbocycles. The average molecular weight is 521 g/mol. The summed E-state index contributed by atoms with van der Waals surface area (Å²) < 4.78 is 6.82. The molecule has 0 amide bonds. The Morgan fingerprint density at radius 3 is 2.38 bits per heavy atom. The molecule has 0 aliphatic carbocycles. The maximum absolute atomic E-state index is 13.2. The second-order valence-corrected chi connectivity index (χ2v) is 9.83. The fourth-order valence-electron chi connectivity index (χ4n) is 4.65. The van der Waals surface area contributed by atoms with Crippen LogP contribution in [0.3, 0.4) is 0 Å². The Kier molecular flexibility index (Phi) is 5.89. The van der Waals surface area contributed by atoms with Crippen LogP contribution < -0.4 is 16.1 Å². The van der Waals surface area contributed by atoms with E-state index in [2.05, 4.69) is 30.9 Å². The third-order valence-electron chi connectivity index (χ3n) is 6.93. The largest absolute Gasteiger partial charge is 0.378 e. The number of benzene rings is 1. The minimum Gasteiger partial charge on any atom is -0.378 e. The number of hydrogen-bond donors (Lipinski definition) is 1. The van der Waals surface area contributed by atoms with Crippen LogP contribution in [0.25, 0.3) is 38.9 Å². The van der Waals surface area contributed by atoms with Crippen LogP contribution in [-0.2, 0) is 10.2 Å². The molecule has 194 valence electrons. The highest BCUT2D eigenvalue weighted by atomic mass is 16.5. The Morgan fingerprint density at radius 2 is 1.69 bits per heavy atom. The Balaban J connectivity index is 1.51. The fourth-order valence-corrected chi connectivity index (χ4v) is 4.65. The number of anilines is 1. The van der Waals surface area contributed by atoms with Crippen molar-refractivity contribution in [2.24, 2.45) is 0 Å². The predicted octanol–water partition coefficient (Wildman–Crippen LogP) is 2.72. The zero-order valence-corrected chi connectivity index (χ0v) is 21.4. The van der Waals surface area contributed by atoms with Gasteiger partial charge in [0, 0.05) is 37.2 Å². The van der Waals surface area contributed by atoms with Gasteiger partial charge in [-0.2, -0.15) is 5.26 Å². The lowest BCUT2D eigenvalue weighted by Crippen LogP contribution is -2.37. The number of nitrogens with one attached hydrogen (secondary N) is 1. The first-order chi connectivity index (χ1) is 18.9. The van der Waals surface area contributed by atoms with Gasteiger partial charge in [-0.3, -0.25) is 19.3 Å². The van der Waals surface area contributed by atoms with Crippen molar-refractivity contribution in [3.8, 4) is 23.0 Å². The third-order valence-corrected chi connectivity index (χ3v) is 6.93.